The number of hydrogen-bond donors (Lipinski definition) is 3. The maximum Gasteiger partial charge on any atom is 0.405 e. The summed E-state index contributed by atoms with van der Waals surface area (Å²) < 4.78 is 11.5. The quantitative estimate of drug-likeness (QED) is 0.703. The molecule has 0 aromatic carbocycles. The van der Waals surface area contributed by atoms with E-state index in [-0.39, 0.29) is 12.1 Å². The van der Waals surface area contributed by atoms with Gasteiger partial charge in [0.1, 0.15) is 0 Å². The number of carboxylic acid groups (broad SMARTS) is 1. The predicted octanol–water partition coefficient (Wildman–Crippen LogP) is 0.576. The molecule has 0 spiro atoms. The maximum atomic E-state index is 9.80. The van der Waals surface area contributed by atoms with E-state index in [4.69, 9.17) is 14.6 Å². The van der Waals surface area contributed by atoms with Gasteiger partial charge in [-0.25, -0.2) is 4.79 Å². The largest absolute Gasteiger partial charge is 0.465 e. The summed E-state index contributed by atoms with van der Waals surface area (Å²) in [7, 11) is 0. The van der Waals surface area contributed by atoms with Crippen LogP contribution in [0.1, 0.15) is 27.2 Å². The first-order chi connectivity index (χ1) is 9.26. The molecule has 2 rings (SSSR count). The van der Waals surface area contributed by atoms with Crippen molar-refractivity contribution in [2.24, 2.45) is 17.6 Å². The van der Waals surface area contributed by atoms with E-state index in [0.29, 0.717) is 17.9 Å². The number of carbonyl (C=O) groups is 2. The van der Waals surface area contributed by atoms with Gasteiger partial charge in [-0.15, -0.1) is 0 Å². The Bertz CT molecular complexity index is 347. The van der Waals surface area contributed by atoms with Gasteiger partial charge in [0.05, 0.1) is 24.9 Å². The van der Waals surface area contributed by atoms with Gasteiger partial charge in [-0.05, 0) is 12.8 Å². The molecule has 2 fully saturated rings. The molecule has 2 amide bonds. The molecule has 2 saturated heterocycles. The van der Waals surface area contributed by atoms with Crippen LogP contribution in [0.2, 0.25) is 0 Å². The van der Waals surface area contributed by atoms with E-state index in [1.807, 2.05) is 0 Å². The number of nitrogens with two attached hydrogens (primary N) is 1. The second kappa shape index (κ2) is 6.90. The van der Waals surface area contributed by atoms with Gasteiger partial charge in [0.25, 0.3) is 0 Å². The average molecular weight is 288 g/mol. The van der Waals surface area contributed by atoms with Gasteiger partial charge >= 0.3 is 6.09 Å². The van der Waals surface area contributed by atoms with Crippen LogP contribution < -0.4 is 11.1 Å². The minimum absolute atomic E-state index is 0.0366. The van der Waals surface area contributed by atoms with E-state index < -0.39 is 12.0 Å². The molecule has 20 heavy (non-hydrogen) atoms. The third-order valence-electron chi connectivity index (χ3n) is 3.76. The zero-order valence-corrected chi connectivity index (χ0v) is 12.2. The summed E-state index contributed by atoms with van der Waals surface area (Å²) in [6, 6.07) is 0. The average Bonchev–Trinajstić information content (AvgIpc) is 2.83. The Hall–Kier alpha value is -1.34. The molecule has 1 unspecified atom stereocenters. The van der Waals surface area contributed by atoms with E-state index >= 15 is 0 Å². The van der Waals surface area contributed by atoms with Crippen molar-refractivity contribution < 1.29 is 24.2 Å². The molecule has 7 heteroatoms. The monoisotopic (exact) mass is 288 g/mol. The topological polar surface area (TPSA) is 111 Å². The summed E-state index contributed by atoms with van der Waals surface area (Å²) in [4.78, 5) is 19.4. The van der Waals surface area contributed by atoms with E-state index in [0.717, 1.165) is 19.6 Å². The van der Waals surface area contributed by atoms with Gasteiger partial charge in [-0.1, -0.05) is 13.8 Å². The highest BCUT2D eigenvalue weighted by Crippen LogP contribution is 2.42. The minimum atomic E-state index is -1.25. The number of hydrogen-bond acceptors (Lipinski definition) is 4. The summed E-state index contributed by atoms with van der Waals surface area (Å²) in [5.41, 5.74) is 4.61. The van der Waals surface area contributed by atoms with Gasteiger partial charge in [0, 0.05) is 18.9 Å². The lowest BCUT2D eigenvalue weighted by Gasteiger charge is -2.24. The van der Waals surface area contributed by atoms with E-state index in [9.17, 15) is 9.59 Å². The zero-order chi connectivity index (χ0) is 15.3. The Kier molecular flexibility index (Phi) is 5.76. The highest BCUT2D eigenvalue weighted by molar-refractivity contribution is 5.79. The maximum absolute atomic E-state index is 9.80. The van der Waals surface area contributed by atoms with Crippen LogP contribution in [-0.2, 0) is 14.3 Å². The van der Waals surface area contributed by atoms with Crippen molar-refractivity contribution in [3.05, 3.63) is 0 Å². The fourth-order valence-electron chi connectivity index (χ4n) is 2.52. The number of fused-ring (bicyclic) bond motifs is 1. The Balaban J connectivity index is 0.000000221. The number of nitrogens with one attached hydrogen (secondary N) is 1. The molecule has 2 heterocycles. The standard InChI is InChI=1S/C10H18O2.C3H6N2O3/c1-7(2)8-6-12-10(3)4-5-11-9(8)10;4-2(6)1-5-3(7)8/h7-9H,4-6H2,1-3H3;5H,1H2,(H2,4,6)(H,7,8)/t8?,9-,10-;/m1./s1. The molecule has 0 aliphatic carbocycles. The number of carbonyl (C=O) groups excluding carboxylic acids is 1. The third kappa shape index (κ3) is 4.35. The minimum Gasteiger partial charge on any atom is -0.465 e. The molecule has 2 aliphatic heterocycles. The smallest absolute Gasteiger partial charge is 0.405 e. The van der Waals surface area contributed by atoms with Crippen molar-refractivity contribution >= 4 is 12.0 Å². The number of primary amides is 1. The van der Waals surface area contributed by atoms with Crippen LogP contribution >= 0.6 is 0 Å². The summed E-state index contributed by atoms with van der Waals surface area (Å²) in [6.45, 7) is 8.13. The molecule has 116 valence electrons. The fourth-order valence-corrected chi connectivity index (χ4v) is 2.52. The summed E-state index contributed by atoms with van der Waals surface area (Å²) in [5.74, 6) is 0.597. The summed E-state index contributed by atoms with van der Waals surface area (Å²) in [6.07, 6.45) is 0.183. The first-order valence-electron chi connectivity index (χ1n) is 6.77. The molecule has 7 nitrogen and oxygen atoms in total. The van der Waals surface area contributed by atoms with Crippen molar-refractivity contribution in [2.75, 3.05) is 19.8 Å². The molecule has 3 atom stereocenters. The van der Waals surface area contributed by atoms with Crippen LogP contribution in [0.5, 0.6) is 0 Å². The molecule has 0 bridgehead atoms. The van der Waals surface area contributed by atoms with Crippen LogP contribution in [0.15, 0.2) is 0 Å². The Morgan fingerprint density at radius 3 is 2.60 bits per heavy atom. The normalized spacial score (nSPS) is 31.4. The van der Waals surface area contributed by atoms with Gasteiger partial charge in [-0.3, -0.25) is 4.79 Å². The van der Waals surface area contributed by atoms with Gasteiger partial charge in [0.15, 0.2) is 0 Å². The highest BCUT2D eigenvalue weighted by atomic mass is 16.6. The fraction of sp³-hybridized carbons (Fsp3) is 0.846. The SMILES string of the molecule is CC(C)C1CO[C@]2(C)CCO[C@H]12.NC(=O)CNC(=O)O. The van der Waals surface area contributed by atoms with Gasteiger partial charge in [0.2, 0.25) is 5.91 Å². The third-order valence-corrected chi connectivity index (χ3v) is 3.76. The molecule has 0 aromatic heterocycles. The van der Waals surface area contributed by atoms with Crippen molar-refractivity contribution in [3.63, 3.8) is 0 Å². The first kappa shape index (κ1) is 16.7. The summed E-state index contributed by atoms with van der Waals surface area (Å²) >= 11 is 0. The van der Waals surface area contributed by atoms with Crippen LogP contribution in [-0.4, -0.2) is 48.6 Å². The van der Waals surface area contributed by atoms with Crippen molar-refractivity contribution in [1.29, 1.82) is 0 Å². The Labute approximate surface area is 118 Å². The van der Waals surface area contributed by atoms with Crippen molar-refractivity contribution in [3.8, 4) is 0 Å². The van der Waals surface area contributed by atoms with Crippen molar-refractivity contribution in [2.45, 2.75) is 38.9 Å². The number of rotatable bonds is 3. The molecular weight excluding hydrogens is 264 g/mol. The van der Waals surface area contributed by atoms with E-state index in [2.05, 4.69) is 26.5 Å². The first-order valence-corrected chi connectivity index (χ1v) is 6.77. The summed E-state index contributed by atoms with van der Waals surface area (Å²) in [5, 5.41) is 9.63. The molecule has 2 aliphatic rings. The Morgan fingerprint density at radius 2 is 2.15 bits per heavy atom. The lowest BCUT2D eigenvalue weighted by atomic mass is 9.85. The van der Waals surface area contributed by atoms with Crippen LogP contribution in [0.4, 0.5) is 4.79 Å². The van der Waals surface area contributed by atoms with Crippen LogP contribution in [0, 0.1) is 11.8 Å². The molecular formula is C13H24N2O5. The second-order valence-electron chi connectivity index (χ2n) is 5.70. The van der Waals surface area contributed by atoms with Gasteiger partial charge in [-0.2, -0.15) is 0 Å². The predicted molar refractivity (Wildman–Crippen MR) is 72.3 cm³/mol. The number of ether oxygens (including phenoxy) is 2. The van der Waals surface area contributed by atoms with Crippen molar-refractivity contribution in [1.82, 2.24) is 5.32 Å². The molecule has 4 N–H and O–H groups in total. The lowest BCUT2D eigenvalue weighted by molar-refractivity contribution is -0.117. The van der Waals surface area contributed by atoms with Crippen LogP contribution in [0.3, 0.4) is 0 Å². The molecule has 0 saturated carbocycles. The van der Waals surface area contributed by atoms with Gasteiger partial charge < -0.3 is 25.6 Å². The lowest BCUT2D eigenvalue weighted by Crippen LogP contribution is -2.35. The zero-order valence-electron chi connectivity index (χ0n) is 12.2. The molecule has 0 aromatic rings. The Morgan fingerprint density at radius 1 is 1.50 bits per heavy atom. The second-order valence-corrected chi connectivity index (χ2v) is 5.70. The van der Waals surface area contributed by atoms with Crippen LogP contribution in [0.25, 0.3) is 0 Å². The number of amides is 2. The molecule has 0 radical (unpaired) electrons. The van der Waals surface area contributed by atoms with E-state index in [1.165, 1.54) is 0 Å². The van der Waals surface area contributed by atoms with E-state index in [1.54, 1.807) is 5.32 Å². The highest BCUT2D eigenvalue weighted by Gasteiger charge is 2.51.